The van der Waals surface area contributed by atoms with E-state index in [1.54, 1.807) is 7.05 Å². The quantitative estimate of drug-likeness (QED) is 0.355. The van der Waals surface area contributed by atoms with Gasteiger partial charge in [0, 0.05) is 19.2 Å². The van der Waals surface area contributed by atoms with Crippen LogP contribution >= 0.6 is 0 Å². The van der Waals surface area contributed by atoms with Crippen LogP contribution in [0.2, 0.25) is 0 Å². The van der Waals surface area contributed by atoms with Gasteiger partial charge >= 0.3 is 5.97 Å². The zero-order valence-electron chi connectivity index (χ0n) is 20.2. The molecule has 1 amide bonds. The number of pyridine rings is 1. The molecule has 2 saturated carbocycles. The average Bonchev–Trinajstić information content (AvgIpc) is 3.77. The minimum atomic E-state index is -2.88. The van der Waals surface area contributed by atoms with Crippen LogP contribution < -0.4 is 5.32 Å². The van der Waals surface area contributed by atoms with Crippen molar-refractivity contribution in [2.24, 2.45) is 11.8 Å². The summed E-state index contributed by atoms with van der Waals surface area (Å²) in [6, 6.07) is 9.62. The number of nitrogens with one attached hydrogen (secondary N) is 1. The SMILES string of the molecule is CNC(=O)c1c(-c2ccc(C)cc2)oc2nc(CN(CC[C@H]3C[C@@H]3C(=O)O)[SH](=O)=O)c(C3CC3)cc12. The highest BCUT2D eigenvalue weighted by Gasteiger charge is 2.43. The lowest BCUT2D eigenvalue weighted by molar-refractivity contribution is -0.138. The first kappa shape index (κ1) is 24.5. The van der Waals surface area contributed by atoms with E-state index < -0.39 is 16.9 Å². The number of hydrogen-bond donors (Lipinski definition) is 3. The first-order valence-electron chi connectivity index (χ1n) is 12.1. The van der Waals surface area contributed by atoms with Gasteiger partial charge in [-0.2, -0.15) is 4.31 Å². The van der Waals surface area contributed by atoms with Crippen molar-refractivity contribution < 1.29 is 27.5 Å². The highest BCUT2D eigenvalue weighted by molar-refractivity contribution is 7.69. The van der Waals surface area contributed by atoms with E-state index in [1.807, 2.05) is 37.3 Å². The molecule has 0 saturated heterocycles. The minimum Gasteiger partial charge on any atom is -0.481 e. The van der Waals surface area contributed by atoms with Gasteiger partial charge in [-0.05, 0) is 56.1 Å². The molecule has 3 aromatic rings. The summed E-state index contributed by atoms with van der Waals surface area (Å²) >= 11 is 0. The van der Waals surface area contributed by atoms with Gasteiger partial charge in [0.15, 0.2) is 0 Å². The zero-order valence-corrected chi connectivity index (χ0v) is 21.1. The maximum absolute atomic E-state index is 12.9. The minimum absolute atomic E-state index is 0.00977. The third-order valence-corrected chi connectivity index (χ3v) is 7.94. The lowest BCUT2D eigenvalue weighted by Crippen LogP contribution is -2.24. The Morgan fingerprint density at radius 1 is 1.22 bits per heavy atom. The van der Waals surface area contributed by atoms with Crippen LogP contribution in [-0.4, -0.2) is 48.3 Å². The van der Waals surface area contributed by atoms with E-state index in [9.17, 15) is 18.0 Å². The number of thiol groups is 1. The Kier molecular flexibility index (Phi) is 6.57. The first-order chi connectivity index (χ1) is 17.3. The zero-order chi connectivity index (χ0) is 25.6. The maximum Gasteiger partial charge on any atom is 0.306 e. The van der Waals surface area contributed by atoms with Gasteiger partial charge in [-0.25, -0.2) is 13.4 Å². The Morgan fingerprint density at radius 3 is 2.53 bits per heavy atom. The average molecular weight is 512 g/mol. The maximum atomic E-state index is 12.9. The van der Waals surface area contributed by atoms with E-state index >= 15 is 0 Å². The number of carboxylic acids is 1. The van der Waals surface area contributed by atoms with Crippen molar-refractivity contribution in [2.75, 3.05) is 13.6 Å². The van der Waals surface area contributed by atoms with Gasteiger partial charge in [0.2, 0.25) is 16.6 Å². The summed E-state index contributed by atoms with van der Waals surface area (Å²) in [5.41, 5.74) is 4.09. The van der Waals surface area contributed by atoms with Gasteiger partial charge in [0.1, 0.15) is 5.76 Å². The number of carbonyl (C=O) groups is 2. The standard InChI is InChI=1S/C26H29N3O6S/c1-14-3-5-16(6-4-14)23-22(24(30)27-2)20-12-18(15-7-8-15)21(28-25(20)35-23)13-29(36(33)34)10-9-17-11-19(17)26(31)32/h3-6,12,15,17,19,36H,7-11,13H2,1-2H3,(H,27,30)(H,31,32)/t17-,19-/m0/s1. The first-order valence-corrected chi connectivity index (χ1v) is 13.3. The van der Waals surface area contributed by atoms with Crippen molar-refractivity contribution in [3.8, 4) is 11.3 Å². The summed E-state index contributed by atoms with van der Waals surface area (Å²) in [5, 5.41) is 12.4. The van der Waals surface area contributed by atoms with Gasteiger partial charge in [0.05, 0.1) is 29.1 Å². The molecule has 0 bridgehead atoms. The molecule has 2 aromatic heterocycles. The molecule has 2 atom stereocenters. The predicted octanol–water partition coefficient (Wildman–Crippen LogP) is 3.48. The molecule has 0 spiro atoms. The second-order valence-electron chi connectivity index (χ2n) is 9.76. The topological polar surface area (TPSA) is 130 Å². The molecule has 2 aliphatic carbocycles. The molecular weight excluding hydrogens is 482 g/mol. The molecule has 2 N–H and O–H groups in total. The normalized spacial score (nSPS) is 19.2. The highest BCUT2D eigenvalue weighted by atomic mass is 32.2. The molecule has 0 unspecified atom stereocenters. The molecule has 2 fully saturated rings. The van der Waals surface area contributed by atoms with Crippen molar-refractivity contribution in [2.45, 2.75) is 45.1 Å². The summed E-state index contributed by atoms with van der Waals surface area (Å²) in [6.07, 6.45) is 3.04. The van der Waals surface area contributed by atoms with Gasteiger partial charge in [-0.15, -0.1) is 0 Å². The van der Waals surface area contributed by atoms with Crippen LogP contribution in [0.5, 0.6) is 0 Å². The van der Waals surface area contributed by atoms with E-state index in [1.165, 1.54) is 4.31 Å². The number of carboxylic acid groups (broad SMARTS) is 1. The molecule has 1 aromatic carbocycles. The molecule has 2 aliphatic rings. The van der Waals surface area contributed by atoms with Crippen LogP contribution in [0.4, 0.5) is 0 Å². The van der Waals surface area contributed by atoms with Crippen molar-refractivity contribution in [1.82, 2.24) is 14.6 Å². The second-order valence-corrected chi connectivity index (χ2v) is 10.8. The Bertz CT molecular complexity index is 1400. The van der Waals surface area contributed by atoms with Gasteiger partial charge in [-0.1, -0.05) is 29.8 Å². The van der Waals surface area contributed by atoms with Gasteiger partial charge in [-0.3, -0.25) is 9.59 Å². The number of benzene rings is 1. The molecule has 0 aliphatic heterocycles. The van der Waals surface area contributed by atoms with Crippen LogP contribution in [0.3, 0.4) is 0 Å². The molecular formula is C26H29N3O6S. The Hall–Kier alpha value is -3.24. The summed E-state index contributed by atoms with van der Waals surface area (Å²) in [4.78, 5) is 28.8. The van der Waals surface area contributed by atoms with Crippen LogP contribution in [0, 0.1) is 18.8 Å². The van der Waals surface area contributed by atoms with Crippen LogP contribution in [0.1, 0.15) is 58.8 Å². The van der Waals surface area contributed by atoms with E-state index in [2.05, 4.69) is 5.32 Å². The highest BCUT2D eigenvalue weighted by Crippen LogP contribution is 2.45. The van der Waals surface area contributed by atoms with Crippen LogP contribution in [0.25, 0.3) is 22.4 Å². The number of amides is 1. The second kappa shape index (κ2) is 9.67. The van der Waals surface area contributed by atoms with Gasteiger partial charge in [0.25, 0.3) is 5.91 Å². The number of aliphatic carboxylic acids is 1. The van der Waals surface area contributed by atoms with Gasteiger partial charge < -0.3 is 14.8 Å². The number of aromatic nitrogens is 1. The largest absolute Gasteiger partial charge is 0.481 e. The third-order valence-electron chi connectivity index (χ3n) is 7.14. The van der Waals surface area contributed by atoms with E-state index in [-0.39, 0.29) is 42.5 Å². The number of carbonyl (C=O) groups excluding carboxylic acids is 1. The van der Waals surface area contributed by atoms with Crippen LogP contribution in [-0.2, 0) is 22.2 Å². The lowest BCUT2D eigenvalue weighted by Gasteiger charge is -2.17. The van der Waals surface area contributed by atoms with Crippen molar-refractivity contribution in [1.29, 1.82) is 0 Å². The van der Waals surface area contributed by atoms with E-state index in [0.717, 1.165) is 29.5 Å². The summed E-state index contributed by atoms with van der Waals surface area (Å²) in [5.74, 6) is -0.776. The number of rotatable bonds is 10. The molecule has 36 heavy (non-hydrogen) atoms. The summed E-state index contributed by atoms with van der Waals surface area (Å²) in [7, 11) is -1.31. The molecule has 190 valence electrons. The monoisotopic (exact) mass is 511 g/mol. The molecule has 5 rings (SSSR count). The van der Waals surface area contributed by atoms with E-state index in [0.29, 0.717) is 35.2 Å². The molecule has 9 nitrogen and oxygen atoms in total. The number of aryl methyl sites for hydroxylation is 1. The fraction of sp³-hybridized carbons (Fsp3) is 0.423. The smallest absolute Gasteiger partial charge is 0.306 e. The fourth-order valence-electron chi connectivity index (χ4n) is 4.78. The number of furan rings is 1. The number of fused-ring (bicyclic) bond motifs is 1. The fourth-order valence-corrected chi connectivity index (χ4v) is 5.31. The Morgan fingerprint density at radius 2 is 1.94 bits per heavy atom. The molecule has 2 heterocycles. The summed E-state index contributed by atoms with van der Waals surface area (Å²) < 4.78 is 31.6. The molecule has 10 heteroatoms. The van der Waals surface area contributed by atoms with Crippen molar-refractivity contribution in [3.05, 3.63) is 52.7 Å². The van der Waals surface area contributed by atoms with Crippen LogP contribution in [0.15, 0.2) is 34.7 Å². The Labute approximate surface area is 210 Å². The number of nitrogens with zero attached hydrogens (tertiary/aromatic N) is 2. The lowest BCUT2D eigenvalue weighted by atomic mass is 10.0. The van der Waals surface area contributed by atoms with Crippen molar-refractivity contribution >= 4 is 33.9 Å². The predicted molar refractivity (Wildman–Crippen MR) is 134 cm³/mol. The molecule has 0 radical (unpaired) electrons. The number of hydrogen-bond acceptors (Lipinski definition) is 6. The Balaban J connectivity index is 1.52. The van der Waals surface area contributed by atoms with E-state index in [4.69, 9.17) is 14.5 Å². The third kappa shape index (κ3) is 4.87. The van der Waals surface area contributed by atoms with Crippen molar-refractivity contribution in [3.63, 3.8) is 0 Å². The summed E-state index contributed by atoms with van der Waals surface area (Å²) in [6.45, 7) is 2.31.